The quantitative estimate of drug-likeness (QED) is 0.580. The van der Waals surface area contributed by atoms with Crippen LogP contribution in [0.5, 0.6) is 0 Å². The summed E-state index contributed by atoms with van der Waals surface area (Å²) in [6.45, 7) is 3.12. The fourth-order valence-electron chi connectivity index (χ4n) is 2.83. The Hall–Kier alpha value is -3.28. The minimum atomic E-state index is -0.325. The number of amides is 1. The van der Waals surface area contributed by atoms with Crippen molar-refractivity contribution >= 4 is 22.5 Å². The highest BCUT2D eigenvalue weighted by molar-refractivity contribution is 6.04. The maximum atomic E-state index is 12.4. The number of hydrogen-bond donors (Lipinski definition) is 1. The number of rotatable bonds is 5. The number of carbonyl (C=O) groups is 1. The van der Waals surface area contributed by atoms with Crippen molar-refractivity contribution in [3.8, 4) is 11.5 Å². The van der Waals surface area contributed by atoms with Crippen molar-refractivity contribution in [3.05, 3.63) is 60.6 Å². The molecule has 0 unspecified atom stereocenters. The van der Waals surface area contributed by atoms with Crippen LogP contribution in [-0.4, -0.2) is 15.6 Å². The molecule has 0 saturated carbocycles. The third kappa shape index (κ3) is 2.94. The number of nitrogens with zero attached hydrogens (tertiary/aromatic N) is 2. The van der Waals surface area contributed by atoms with Gasteiger partial charge in [-0.2, -0.15) is 0 Å². The average Bonchev–Trinajstić information content (AvgIpc) is 3.35. The van der Waals surface area contributed by atoms with Crippen LogP contribution in [0.3, 0.4) is 0 Å². The van der Waals surface area contributed by atoms with Crippen molar-refractivity contribution in [1.82, 2.24) is 9.72 Å². The summed E-state index contributed by atoms with van der Waals surface area (Å²) in [4.78, 5) is 12.4. The SMILES string of the molecule is CCCn1ccc2cc(NC(=O)c3cc(-c4ccco4)on3)ccc21. The van der Waals surface area contributed by atoms with E-state index in [1.807, 2.05) is 24.3 Å². The topological polar surface area (TPSA) is 73.2 Å². The van der Waals surface area contributed by atoms with E-state index in [4.69, 9.17) is 8.94 Å². The standard InChI is InChI=1S/C19H17N3O3/c1-2-8-22-9-7-13-11-14(5-6-16(13)22)20-19(23)15-12-18(25-21-15)17-4-3-10-24-17/h3-7,9-12H,2,8H2,1H3,(H,20,23). The lowest BCUT2D eigenvalue weighted by Gasteiger charge is -2.05. The summed E-state index contributed by atoms with van der Waals surface area (Å²) >= 11 is 0. The minimum absolute atomic E-state index is 0.204. The van der Waals surface area contributed by atoms with Gasteiger partial charge in [-0.1, -0.05) is 12.1 Å². The Labute approximate surface area is 144 Å². The van der Waals surface area contributed by atoms with Crippen molar-refractivity contribution in [1.29, 1.82) is 0 Å². The molecule has 126 valence electrons. The second-order valence-corrected chi connectivity index (χ2v) is 5.79. The normalized spacial score (nSPS) is 11.1. The molecule has 0 fully saturated rings. The number of fused-ring (bicyclic) bond motifs is 1. The monoisotopic (exact) mass is 335 g/mol. The predicted octanol–water partition coefficient (Wildman–Crippen LogP) is 4.55. The number of anilines is 1. The van der Waals surface area contributed by atoms with Gasteiger partial charge in [0.2, 0.25) is 5.76 Å². The van der Waals surface area contributed by atoms with E-state index in [9.17, 15) is 4.79 Å². The van der Waals surface area contributed by atoms with E-state index in [1.165, 1.54) is 6.26 Å². The summed E-state index contributed by atoms with van der Waals surface area (Å²) in [5, 5.41) is 7.74. The molecule has 0 aliphatic rings. The Balaban J connectivity index is 1.53. The molecule has 1 N–H and O–H groups in total. The highest BCUT2D eigenvalue weighted by Crippen LogP contribution is 2.23. The molecule has 25 heavy (non-hydrogen) atoms. The second-order valence-electron chi connectivity index (χ2n) is 5.79. The Bertz CT molecular complexity index is 1010. The van der Waals surface area contributed by atoms with E-state index in [-0.39, 0.29) is 11.6 Å². The van der Waals surface area contributed by atoms with E-state index >= 15 is 0 Å². The molecular formula is C19H17N3O3. The third-order valence-electron chi connectivity index (χ3n) is 4.00. The van der Waals surface area contributed by atoms with Gasteiger partial charge in [-0.25, -0.2) is 0 Å². The maximum absolute atomic E-state index is 12.4. The van der Waals surface area contributed by atoms with Crippen molar-refractivity contribution in [2.75, 3.05) is 5.32 Å². The van der Waals surface area contributed by atoms with Crippen LogP contribution in [0.25, 0.3) is 22.4 Å². The highest BCUT2D eigenvalue weighted by atomic mass is 16.5. The molecule has 4 aromatic rings. The van der Waals surface area contributed by atoms with Crippen molar-refractivity contribution in [2.45, 2.75) is 19.9 Å². The van der Waals surface area contributed by atoms with Gasteiger partial charge in [-0.05, 0) is 42.8 Å². The lowest BCUT2D eigenvalue weighted by molar-refractivity contribution is 0.101. The first-order valence-corrected chi connectivity index (χ1v) is 8.15. The fraction of sp³-hybridized carbons (Fsp3) is 0.158. The zero-order valence-electron chi connectivity index (χ0n) is 13.7. The first kappa shape index (κ1) is 15.3. The molecule has 1 aromatic carbocycles. The summed E-state index contributed by atoms with van der Waals surface area (Å²) < 4.78 is 12.6. The summed E-state index contributed by atoms with van der Waals surface area (Å²) in [5.74, 6) is 0.626. The molecule has 0 aliphatic heterocycles. The molecule has 0 radical (unpaired) electrons. The first-order valence-electron chi connectivity index (χ1n) is 8.15. The van der Waals surface area contributed by atoms with Crippen LogP contribution in [0.15, 0.2) is 63.9 Å². The fourth-order valence-corrected chi connectivity index (χ4v) is 2.83. The van der Waals surface area contributed by atoms with Crippen LogP contribution >= 0.6 is 0 Å². The molecule has 0 spiro atoms. The van der Waals surface area contributed by atoms with E-state index in [2.05, 4.69) is 28.2 Å². The Kier molecular flexibility index (Phi) is 3.85. The van der Waals surface area contributed by atoms with Gasteiger partial charge in [0.15, 0.2) is 11.5 Å². The van der Waals surface area contributed by atoms with Gasteiger partial charge in [0.05, 0.1) is 6.26 Å². The molecule has 3 heterocycles. The smallest absolute Gasteiger partial charge is 0.277 e. The summed E-state index contributed by atoms with van der Waals surface area (Å²) in [5.41, 5.74) is 2.07. The van der Waals surface area contributed by atoms with Crippen molar-refractivity contribution in [2.24, 2.45) is 0 Å². The largest absolute Gasteiger partial charge is 0.461 e. The zero-order chi connectivity index (χ0) is 17.2. The first-order chi connectivity index (χ1) is 12.2. The van der Waals surface area contributed by atoms with Gasteiger partial charge < -0.3 is 18.8 Å². The Morgan fingerprint density at radius 1 is 1.20 bits per heavy atom. The number of aryl methyl sites for hydroxylation is 1. The van der Waals surface area contributed by atoms with Crippen molar-refractivity contribution < 1.29 is 13.7 Å². The summed E-state index contributed by atoms with van der Waals surface area (Å²) in [6, 6.07) is 13.0. The predicted molar refractivity (Wildman–Crippen MR) is 94.4 cm³/mol. The number of benzene rings is 1. The lowest BCUT2D eigenvalue weighted by Crippen LogP contribution is -2.12. The lowest BCUT2D eigenvalue weighted by atomic mass is 10.2. The minimum Gasteiger partial charge on any atom is -0.461 e. The Morgan fingerprint density at radius 2 is 2.12 bits per heavy atom. The van der Waals surface area contributed by atoms with E-state index < -0.39 is 0 Å². The molecule has 4 rings (SSSR count). The molecule has 0 bridgehead atoms. The molecule has 6 nitrogen and oxygen atoms in total. The molecule has 3 aromatic heterocycles. The van der Waals surface area contributed by atoms with Gasteiger partial charge in [-0.15, -0.1) is 0 Å². The maximum Gasteiger partial charge on any atom is 0.277 e. The molecule has 0 aliphatic carbocycles. The van der Waals surface area contributed by atoms with Gasteiger partial charge in [0, 0.05) is 35.4 Å². The van der Waals surface area contributed by atoms with Crippen LogP contribution < -0.4 is 5.32 Å². The number of furan rings is 1. The number of carbonyl (C=O) groups excluding carboxylic acids is 1. The molecule has 0 saturated heterocycles. The van der Waals surface area contributed by atoms with Crippen LogP contribution in [0.1, 0.15) is 23.8 Å². The summed E-state index contributed by atoms with van der Waals surface area (Å²) in [7, 11) is 0. The van der Waals surface area contributed by atoms with E-state index in [1.54, 1.807) is 18.2 Å². The number of nitrogens with one attached hydrogen (secondary N) is 1. The second kappa shape index (κ2) is 6.32. The highest BCUT2D eigenvalue weighted by Gasteiger charge is 2.15. The molecule has 1 amide bonds. The van der Waals surface area contributed by atoms with E-state index in [0.717, 1.165) is 23.9 Å². The van der Waals surface area contributed by atoms with Crippen LogP contribution in [0, 0.1) is 0 Å². The van der Waals surface area contributed by atoms with Crippen LogP contribution in [0.4, 0.5) is 5.69 Å². The average molecular weight is 335 g/mol. The van der Waals surface area contributed by atoms with E-state index in [0.29, 0.717) is 17.2 Å². The third-order valence-corrected chi connectivity index (χ3v) is 4.00. The van der Waals surface area contributed by atoms with Gasteiger partial charge in [-0.3, -0.25) is 4.79 Å². The molecule has 6 heteroatoms. The van der Waals surface area contributed by atoms with Gasteiger partial charge in [0.1, 0.15) is 0 Å². The molecule has 0 atom stereocenters. The van der Waals surface area contributed by atoms with Gasteiger partial charge in [0.25, 0.3) is 5.91 Å². The zero-order valence-corrected chi connectivity index (χ0v) is 13.7. The van der Waals surface area contributed by atoms with Crippen LogP contribution in [-0.2, 0) is 6.54 Å². The Morgan fingerprint density at radius 3 is 2.92 bits per heavy atom. The van der Waals surface area contributed by atoms with Gasteiger partial charge >= 0.3 is 0 Å². The summed E-state index contributed by atoms with van der Waals surface area (Å²) in [6.07, 6.45) is 4.68. The number of hydrogen-bond acceptors (Lipinski definition) is 4. The number of aromatic nitrogens is 2. The van der Waals surface area contributed by atoms with Crippen LogP contribution in [0.2, 0.25) is 0 Å². The van der Waals surface area contributed by atoms with Crippen molar-refractivity contribution in [3.63, 3.8) is 0 Å². The molecular weight excluding hydrogens is 318 g/mol.